The SMILES string of the molecule is CCCN(C(=O)O)c1ccc2cc[nH]c2c1.Cl. The van der Waals surface area contributed by atoms with Gasteiger partial charge in [-0.25, -0.2) is 4.79 Å². The number of nitrogens with one attached hydrogen (secondary N) is 1. The van der Waals surface area contributed by atoms with E-state index in [-0.39, 0.29) is 12.4 Å². The molecule has 0 saturated heterocycles. The fraction of sp³-hybridized carbons (Fsp3) is 0.250. The molecule has 1 amide bonds. The van der Waals surface area contributed by atoms with Crippen molar-refractivity contribution < 1.29 is 9.90 Å². The summed E-state index contributed by atoms with van der Waals surface area (Å²) in [5.41, 5.74) is 1.67. The number of benzene rings is 1. The molecular weight excluding hydrogens is 240 g/mol. The molecule has 0 atom stereocenters. The molecule has 1 heterocycles. The van der Waals surface area contributed by atoms with Gasteiger partial charge in [-0.2, -0.15) is 0 Å². The van der Waals surface area contributed by atoms with Crippen LogP contribution in [0, 0.1) is 0 Å². The molecule has 0 fully saturated rings. The van der Waals surface area contributed by atoms with Gasteiger partial charge in [0, 0.05) is 23.9 Å². The van der Waals surface area contributed by atoms with Crippen molar-refractivity contribution in [3.63, 3.8) is 0 Å². The number of aromatic nitrogens is 1. The Hall–Kier alpha value is -1.68. The second-order valence-corrected chi connectivity index (χ2v) is 3.68. The van der Waals surface area contributed by atoms with Crippen LogP contribution in [0.4, 0.5) is 10.5 Å². The highest BCUT2D eigenvalue weighted by Gasteiger charge is 2.13. The van der Waals surface area contributed by atoms with Gasteiger partial charge < -0.3 is 10.1 Å². The summed E-state index contributed by atoms with van der Waals surface area (Å²) >= 11 is 0. The minimum Gasteiger partial charge on any atom is -0.465 e. The number of hydrogen-bond acceptors (Lipinski definition) is 1. The normalized spacial score (nSPS) is 9.94. The van der Waals surface area contributed by atoms with Gasteiger partial charge in [-0.15, -0.1) is 12.4 Å². The number of rotatable bonds is 3. The summed E-state index contributed by atoms with van der Waals surface area (Å²) in [6, 6.07) is 7.58. The Balaban J connectivity index is 0.00000144. The Morgan fingerprint density at radius 1 is 1.41 bits per heavy atom. The zero-order valence-electron chi connectivity index (χ0n) is 9.51. The van der Waals surface area contributed by atoms with E-state index in [0.717, 1.165) is 17.3 Å². The minimum absolute atomic E-state index is 0. The van der Waals surface area contributed by atoms with Crippen LogP contribution in [-0.2, 0) is 0 Å². The summed E-state index contributed by atoms with van der Waals surface area (Å²) in [4.78, 5) is 15.5. The van der Waals surface area contributed by atoms with E-state index in [1.165, 1.54) is 4.90 Å². The third-order valence-corrected chi connectivity index (χ3v) is 2.53. The van der Waals surface area contributed by atoms with Crippen molar-refractivity contribution >= 4 is 35.1 Å². The van der Waals surface area contributed by atoms with Crippen molar-refractivity contribution in [1.29, 1.82) is 0 Å². The summed E-state index contributed by atoms with van der Waals surface area (Å²) in [7, 11) is 0. The monoisotopic (exact) mass is 254 g/mol. The first-order valence-electron chi connectivity index (χ1n) is 5.30. The van der Waals surface area contributed by atoms with E-state index in [9.17, 15) is 4.79 Å². The molecule has 17 heavy (non-hydrogen) atoms. The first-order chi connectivity index (χ1) is 7.72. The molecule has 4 nitrogen and oxygen atoms in total. The summed E-state index contributed by atoms with van der Waals surface area (Å²) in [5, 5.41) is 10.2. The van der Waals surface area contributed by atoms with E-state index in [0.29, 0.717) is 12.2 Å². The Bertz CT molecular complexity index is 510. The number of carbonyl (C=O) groups is 1. The van der Waals surface area contributed by atoms with Crippen molar-refractivity contribution in [2.75, 3.05) is 11.4 Å². The molecule has 92 valence electrons. The van der Waals surface area contributed by atoms with Crippen LogP contribution < -0.4 is 4.90 Å². The molecule has 0 aliphatic carbocycles. The van der Waals surface area contributed by atoms with E-state index in [4.69, 9.17) is 5.11 Å². The second-order valence-electron chi connectivity index (χ2n) is 3.68. The summed E-state index contributed by atoms with van der Waals surface area (Å²) in [6.45, 7) is 2.48. The molecule has 0 spiro atoms. The lowest BCUT2D eigenvalue weighted by Crippen LogP contribution is -2.29. The summed E-state index contributed by atoms with van der Waals surface area (Å²) in [6.07, 6.45) is 1.74. The zero-order chi connectivity index (χ0) is 11.5. The Morgan fingerprint density at radius 2 is 2.18 bits per heavy atom. The maximum Gasteiger partial charge on any atom is 0.411 e. The maximum atomic E-state index is 11.1. The number of amides is 1. The van der Waals surface area contributed by atoms with E-state index >= 15 is 0 Å². The zero-order valence-corrected chi connectivity index (χ0v) is 10.3. The Labute approximate surface area is 106 Å². The standard InChI is InChI=1S/C12H14N2O2.ClH/c1-2-7-14(12(15)16)10-4-3-9-5-6-13-11(9)8-10;/h3-6,8,13H,2,7H2,1H3,(H,15,16);1H. The number of anilines is 1. The molecule has 2 rings (SSSR count). The molecule has 0 unspecified atom stereocenters. The lowest BCUT2D eigenvalue weighted by molar-refractivity contribution is 0.202. The molecule has 1 aromatic carbocycles. The lowest BCUT2D eigenvalue weighted by Gasteiger charge is -2.18. The topological polar surface area (TPSA) is 56.3 Å². The van der Waals surface area contributed by atoms with Gasteiger partial charge in [0.25, 0.3) is 0 Å². The van der Waals surface area contributed by atoms with E-state index in [1.54, 1.807) is 0 Å². The van der Waals surface area contributed by atoms with Crippen LogP contribution in [0.2, 0.25) is 0 Å². The largest absolute Gasteiger partial charge is 0.465 e. The summed E-state index contributed by atoms with van der Waals surface area (Å²) < 4.78 is 0. The highest BCUT2D eigenvalue weighted by Crippen LogP contribution is 2.21. The van der Waals surface area contributed by atoms with Crippen molar-refractivity contribution in [3.8, 4) is 0 Å². The number of fused-ring (bicyclic) bond motifs is 1. The first kappa shape index (κ1) is 13.4. The van der Waals surface area contributed by atoms with Gasteiger partial charge in [-0.3, -0.25) is 4.90 Å². The molecule has 2 N–H and O–H groups in total. The van der Waals surface area contributed by atoms with Crippen molar-refractivity contribution in [2.24, 2.45) is 0 Å². The number of halogens is 1. The molecule has 1 aromatic heterocycles. The second kappa shape index (κ2) is 5.59. The van der Waals surface area contributed by atoms with E-state index < -0.39 is 6.09 Å². The highest BCUT2D eigenvalue weighted by molar-refractivity contribution is 5.90. The van der Waals surface area contributed by atoms with Gasteiger partial charge >= 0.3 is 6.09 Å². The molecule has 5 heteroatoms. The van der Waals surface area contributed by atoms with E-state index in [2.05, 4.69) is 4.98 Å². The van der Waals surface area contributed by atoms with Crippen LogP contribution in [0.5, 0.6) is 0 Å². The minimum atomic E-state index is -0.909. The molecule has 0 radical (unpaired) electrons. The average molecular weight is 255 g/mol. The smallest absolute Gasteiger partial charge is 0.411 e. The third-order valence-electron chi connectivity index (χ3n) is 2.53. The molecule has 0 saturated carbocycles. The van der Waals surface area contributed by atoms with Gasteiger partial charge in [0.2, 0.25) is 0 Å². The van der Waals surface area contributed by atoms with E-state index in [1.807, 2.05) is 37.4 Å². The fourth-order valence-corrected chi connectivity index (χ4v) is 1.76. The van der Waals surface area contributed by atoms with Gasteiger partial charge in [0.15, 0.2) is 0 Å². The highest BCUT2D eigenvalue weighted by atomic mass is 35.5. The average Bonchev–Trinajstić information content (AvgIpc) is 2.72. The van der Waals surface area contributed by atoms with Crippen molar-refractivity contribution in [2.45, 2.75) is 13.3 Å². The predicted octanol–water partition coefficient (Wildman–Crippen LogP) is 3.48. The van der Waals surface area contributed by atoms with Crippen LogP contribution in [0.3, 0.4) is 0 Å². The number of hydrogen-bond donors (Lipinski definition) is 2. The number of nitrogens with zero attached hydrogens (tertiary/aromatic N) is 1. The molecule has 0 aliphatic heterocycles. The number of aromatic amines is 1. The maximum absolute atomic E-state index is 11.1. The van der Waals surface area contributed by atoms with Crippen LogP contribution in [0.25, 0.3) is 10.9 Å². The van der Waals surface area contributed by atoms with Gasteiger partial charge in [0.1, 0.15) is 0 Å². The molecule has 0 aliphatic rings. The van der Waals surface area contributed by atoms with Crippen LogP contribution in [0.1, 0.15) is 13.3 Å². The van der Waals surface area contributed by atoms with Crippen LogP contribution in [0.15, 0.2) is 30.5 Å². The predicted molar refractivity (Wildman–Crippen MR) is 71.2 cm³/mol. The van der Waals surface area contributed by atoms with Gasteiger partial charge in [-0.05, 0) is 30.0 Å². The molecule has 2 aromatic rings. The number of H-pyrrole nitrogens is 1. The van der Waals surface area contributed by atoms with Crippen LogP contribution in [-0.4, -0.2) is 22.7 Å². The third kappa shape index (κ3) is 2.71. The van der Waals surface area contributed by atoms with Gasteiger partial charge in [0.05, 0.1) is 0 Å². The first-order valence-corrected chi connectivity index (χ1v) is 5.30. The molecular formula is C12H15ClN2O2. The summed E-state index contributed by atoms with van der Waals surface area (Å²) in [5.74, 6) is 0. The van der Waals surface area contributed by atoms with Crippen molar-refractivity contribution in [1.82, 2.24) is 4.98 Å². The van der Waals surface area contributed by atoms with Crippen LogP contribution >= 0.6 is 12.4 Å². The van der Waals surface area contributed by atoms with Gasteiger partial charge in [-0.1, -0.05) is 13.0 Å². The Kier molecular flexibility index (Phi) is 4.40. The fourth-order valence-electron chi connectivity index (χ4n) is 1.76. The molecule has 0 bridgehead atoms. The number of carboxylic acid groups (broad SMARTS) is 1. The quantitative estimate of drug-likeness (QED) is 0.881. The Morgan fingerprint density at radius 3 is 2.82 bits per heavy atom. The van der Waals surface area contributed by atoms with Crippen molar-refractivity contribution in [3.05, 3.63) is 30.5 Å². The lowest BCUT2D eigenvalue weighted by atomic mass is 10.2.